The molecule has 0 radical (unpaired) electrons. The molecule has 0 aliphatic carbocycles. The van der Waals surface area contributed by atoms with Crippen LogP contribution in [0.5, 0.6) is 0 Å². The summed E-state index contributed by atoms with van der Waals surface area (Å²) in [7, 11) is 0. The van der Waals surface area contributed by atoms with Crippen molar-refractivity contribution < 1.29 is 0 Å². The van der Waals surface area contributed by atoms with Gasteiger partial charge in [-0.2, -0.15) is 0 Å². The summed E-state index contributed by atoms with van der Waals surface area (Å²) in [5, 5.41) is 0. The molecule has 0 heterocycles. The number of allylic oxidation sites excluding steroid dienone is 2. The predicted molar refractivity (Wildman–Crippen MR) is 117 cm³/mol. The minimum atomic E-state index is -2.11. The second-order valence-corrected chi connectivity index (χ2v) is 20.7. The minimum absolute atomic E-state index is 1.15. The van der Waals surface area contributed by atoms with Crippen molar-refractivity contribution in [2.75, 3.05) is 0 Å². The molecule has 0 spiro atoms. The Morgan fingerprint density at radius 2 is 1.21 bits per heavy atom. The first kappa shape index (κ1) is 24.3. The Balaban J connectivity index is 5.18. The van der Waals surface area contributed by atoms with Crippen LogP contribution in [0.25, 0.3) is 0 Å². The third-order valence-electron chi connectivity index (χ3n) is 5.35. The van der Waals surface area contributed by atoms with Crippen LogP contribution in [0, 0.1) is 0 Å². The Bertz CT molecular complexity index is 294. The zero-order valence-corrected chi connectivity index (χ0v) is 20.3. The molecular weight excluding hydrogens is 395 g/mol. The summed E-state index contributed by atoms with van der Waals surface area (Å²) >= 11 is -2.11. The van der Waals surface area contributed by atoms with Gasteiger partial charge in [0, 0.05) is 0 Å². The van der Waals surface area contributed by atoms with Crippen molar-refractivity contribution in [3.8, 4) is 0 Å². The third kappa shape index (κ3) is 11.8. The second kappa shape index (κ2) is 16.7. The first-order valence-electron chi connectivity index (χ1n) is 11.0. The predicted octanol–water partition coefficient (Wildman–Crippen LogP) is 8.85. The van der Waals surface area contributed by atoms with Gasteiger partial charge < -0.3 is 0 Å². The van der Waals surface area contributed by atoms with Gasteiger partial charge in [0.05, 0.1) is 0 Å². The van der Waals surface area contributed by atoms with Crippen molar-refractivity contribution in [2.24, 2.45) is 0 Å². The number of hydrogen-bond acceptors (Lipinski definition) is 0. The van der Waals surface area contributed by atoms with Crippen LogP contribution in [0.3, 0.4) is 0 Å². The van der Waals surface area contributed by atoms with Crippen molar-refractivity contribution in [3.63, 3.8) is 0 Å². The quantitative estimate of drug-likeness (QED) is 0.120. The van der Waals surface area contributed by atoms with Crippen molar-refractivity contribution in [2.45, 2.75) is 118 Å². The van der Waals surface area contributed by atoms with Gasteiger partial charge in [0.25, 0.3) is 0 Å². The van der Waals surface area contributed by atoms with Crippen molar-refractivity contribution in [1.29, 1.82) is 0 Å². The molecule has 24 heavy (non-hydrogen) atoms. The molecule has 0 aromatic heterocycles. The van der Waals surface area contributed by atoms with Crippen LogP contribution in [-0.2, 0) is 0 Å². The standard InChI is InChI=1S/C11H19.3C4H9.Sn/c1-4-6-7-8-10-11(3)9-5-2;3*1-3-4-2;/h3,5H,2,4,6-10H2,1H3;3*1,3-4H2,2H3;. The van der Waals surface area contributed by atoms with Gasteiger partial charge in [-0.15, -0.1) is 0 Å². The van der Waals surface area contributed by atoms with Crippen molar-refractivity contribution in [3.05, 3.63) is 22.3 Å². The Labute approximate surface area is 158 Å². The molecule has 142 valence electrons. The molecule has 0 bridgehead atoms. The van der Waals surface area contributed by atoms with E-state index in [-0.39, 0.29) is 0 Å². The van der Waals surface area contributed by atoms with Crippen LogP contribution < -0.4 is 0 Å². The number of hydrogen-bond donors (Lipinski definition) is 0. The van der Waals surface area contributed by atoms with Gasteiger partial charge in [0.15, 0.2) is 0 Å². The van der Waals surface area contributed by atoms with Crippen molar-refractivity contribution >= 4 is 18.4 Å². The molecule has 0 amide bonds. The van der Waals surface area contributed by atoms with E-state index >= 15 is 0 Å². The fraction of sp³-hybridized carbons (Fsp3) is 0.826. The molecule has 0 aromatic carbocycles. The zero-order valence-electron chi connectivity index (χ0n) is 17.5. The molecule has 0 unspecified atom stereocenters. The molecule has 0 fully saturated rings. The van der Waals surface area contributed by atoms with E-state index < -0.39 is 18.4 Å². The second-order valence-electron chi connectivity index (χ2n) is 7.78. The molecular formula is C23H46Sn. The monoisotopic (exact) mass is 442 g/mol. The van der Waals surface area contributed by atoms with Crippen LogP contribution in [0.1, 0.15) is 105 Å². The third-order valence-corrected chi connectivity index (χ3v) is 19.8. The summed E-state index contributed by atoms with van der Waals surface area (Å²) in [6.07, 6.45) is 18.7. The van der Waals surface area contributed by atoms with Crippen LogP contribution in [0.2, 0.25) is 13.3 Å². The summed E-state index contributed by atoms with van der Waals surface area (Å²) < 4.78 is 7.74. The molecule has 0 aliphatic rings. The van der Waals surface area contributed by atoms with Gasteiger partial charge in [0.1, 0.15) is 0 Å². The Morgan fingerprint density at radius 3 is 1.62 bits per heavy atom. The van der Waals surface area contributed by atoms with Crippen LogP contribution in [-0.4, -0.2) is 18.4 Å². The van der Waals surface area contributed by atoms with Gasteiger partial charge >= 0.3 is 159 Å². The normalized spacial score (nSPS) is 12.6. The van der Waals surface area contributed by atoms with E-state index in [1.807, 2.05) is 0 Å². The number of rotatable bonds is 17. The van der Waals surface area contributed by atoms with Gasteiger partial charge in [-0.25, -0.2) is 0 Å². The maximum atomic E-state index is 4.04. The van der Waals surface area contributed by atoms with E-state index in [1.54, 1.807) is 18.9 Å². The van der Waals surface area contributed by atoms with Crippen LogP contribution in [0.15, 0.2) is 22.3 Å². The van der Waals surface area contributed by atoms with Gasteiger partial charge in [-0.3, -0.25) is 0 Å². The molecule has 0 aromatic rings. The SMILES string of the molecule is C=CC/C(=[CH]/[Sn]([CH2]CCC)([CH2]CCC)[CH2]CCC)CCCCCC. The molecule has 0 rings (SSSR count). The van der Waals surface area contributed by atoms with E-state index in [1.165, 1.54) is 70.6 Å². The van der Waals surface area contributed by atoms with Crippen LogP contribution >= 0.6 is 0 Å². The summed E-state index contributed by atoms with van der Waals surface area (Å²) in [6, 6.07) is 0. The zero-order chi connectivity index (χ0) is 18.1. The van der Waals surface area contributed by atoms with E-state index in [0.29, 0.717) is 0 Å². The molecule has 0 N–H and O–H groups in total. The molecule has 0 atom stereocenters. The summed E-state index contributed by atoms with van der Waals surface area (Å²) in [4.78, 5) is 0. The van der Waals surface area contributed by atoms with E-state index in [0.717, 1.165) is 6.42 Å². The average Bonchev–Trinajstić information content (AvgIpc) is 2.60. The van der Waals surface area contributed by atoms with Crippen LogP contribution in [0.4, 0.5) is 0 Å². The average molecular weight is 441 g/mol. The molecule has 0 saturated heterocycles. The van der Waals surface area contributed by atoms with E-state index in [9.17, 15) is 0 Å². The summed E-state index contributed by atoms with van der Waals surface area (Å²) in [5.74, 6) is 0. The number of unbranched alkanes of at least 4 members (excludes halogenated alkanes) is 6. The van der Waals surface area contributed by atoms with E-state index in [4.69, 9.17) is 0 Å². The Morgan fingerprint density at radius 1 is 0.708 bits per heavy atom. The molecule has 0 nitrogen and oxygen atoms in total. The Kier molecular flexibility index (Phi) is 16.9. The van der Waals surface area contributed by atoms with E-state index in [2.05, 4.69) is 44.4 Å². The van der Waals surface area contributed by atoms with Crippen molar-refractivity contribution in [1.82, 2.24) is 0 Å². The Hall–Kier alpha value is 0.279. The summed E-state index contributed by atoms with van der Waals surface area (Å²) in [5.41, 5.74) is 1.76. The van der Waals surface area contributed by atoms with Gasteiger partial charge in [-0.05, 0) is 0 Å². The molecule has 0 saturated carbocycles. The van der Waals surface area contributed by atoms with Gasteiger partial charge in [0.2, 0.25) is 0 Å². The first-order chi connectivity index (χ1) is 11.7. The fourth-order valence-electron chi connectivity index (χ4n) is 3.81. The van der Waals surface area contributed by atoms with Gasteiger partial charge in [-0.1, -0.05) is 0 Å². The maximum absolute atomic E-state index is 4.04. The fourth-order valence-corrected chi connectivity index (χ4v) is 19.5. The summed E-state index contributed by atoms with van der Waals surface area (Å²) in [6.45, 7) is 13.5. The molecule has 1 heteroatoms. The topological polar surface area (TPSA) is 0 Å². The molecule has 0 aliphatic heterocycles. The first-order valence-corrected chi connectivity index (χ1v) is 18.7.